The summed E-state index contributed by atoms with van der Waals surface area (Å²) in [6.45, 7) is 0. The maximum absolute atomic E-state index is 6.50. The van der Waals surface area contributed by atoms with Crippen molar-refractivity contribution < 1.29 is 0 Å². The molecule has 3 rings (SSSR count). The minimum atomic E-state index is 0.554. The van der Waals surface area contributed by atoms with Crippen molar-refractivity contribution in [3.63, 3.8) is 0 Å². The molecule has 0 heterocycles. The fraction of sp³-hybridized carbons (Fsp3) is 0.632. The van der Waals surface area contributed by atoms with E-state index >= 15 is 0 Å². The van der Waals surface area contributed by atoms with Gasteiger partial charge in [0, 0.05) is 12.1 Å². The highest BCUT2D eigenvalue weighted by Gasteiger charge is 2.30. The summed E-state index contributed by atoms with van der Waals surface area (Å²) in [6, 6.07) is 8.81. The van der Waals surface area contributed by atoms with Crippen LogP contribution >= 0.6 is 11.6 Å². The van der Waals surface area contributed by atoms with Crippen LogP contribution in [0.5, 0.6) is 0 Å². The first kappa shape index (κ1) is 16.6. The van der Waals surface area contributed by atoms with Crippen molar-refractivity contribution in [2.24, 2.45) is 10.7 Å². The van der Waals surface area contributed by atoms with E-state index in [1.807, 2.05) is 24.3 Å². The Morgan fingerprint density at radius 1 is 0.913 bits per heavy atom. The van der Waals surface area contributed by atoms with Crippen molar-refractivity contribution in [2.45, 2.75) is 76.3 Å². The van der Waals surface area contributed by atoms with Crippen LogP contribution in [0.1, 0.15) is 64.2 Å². The van der Waals surface area contributed by atoms with Gasteiger partial charge in [0.15, 0.2) is 5.96 Å². The molecule has 2 saturated carbocycles. The number of aliphatic imine (C=N–C) groups is 1. The van der Waals surface area contributed by atoms with E-state index in [4.69, 9.17) is 22.3 Å². The third kappa shape index (κ3) is 4.20. The Balaban J connectivity index is 1.85. The number of nitrogens with two attached hydrogens (primary N) is 1. The van der Waals surface area contributed by atoms with Gasteiger partial charge in [0.2, 0.25) is 0 Å². The number of hydrogen-bond donors (Lipinski definition) is 1. The molecule has 0 spiro atoms. The highest BCUT2D eigenvalue weighted by Crippen LogP contribution is 2.31. The normalized spacial score (nSPS) is 21.3. The highest BCUT2D eigenvalue weighted by molar-refractivity contribution is 6.33. The molecule has 2 aliphatic rings. The molecule has 0 bridgehead atoms. The zero-order chi connectivity index (χ0) is 16.1. The topological polar surface area (TPSA) is 41.6 Å². The average molecular weight is 334 g/mol. The fourth-order valence-corrected chi connectivity index (χ4v) is 4.29. The lowest BCUT2D eigenvalue weighted by Gasteiger charge is -2.42. The monoisotopic (exact) mass is 333 g/mol. The standard InChI is InChI=1S/C19H28ClN3/c20-17-13-7-8-14-18(17)22-19(21)23(15-9-3-1-4-10-15)16-11-5-2-6-12-16/h7-8,13-16H,1-6,9-12H2,(H2,21,22). The van der Waals surface area contributed by atoms with E-state index < -0.39 is 0 Å². The summed E-state index contributed by atoms with van der Waals surface area (Å²) in [5.41, 5.74) is 7.28. The second-order valence-corrected chi connectivity index (χ2v) is 7.32. The van der Waals surface area contributed by atoms with Crippen LogP contribution in [0.2, 0.25) is 5.02 Å². The molecule has 0 atom stereocenters. The van der Waals surface area contributed by atoms with Gasteiger partial charge < -0.3 is 10.6 Å². The highest BCUT2D eigenvalue weighted by atomic mass is 35.5. The van der Waals surface area contributed by atoms with Gasteiger partial charge in [-0.15, -0.1) is 0 Å². The number of rotatable bonds is 3. The van der Waals surface area contributed by atoms with E-state index in [1.54, 1.807) is 0 Å². The molecule has 0 saturated heterocycles. The van der Waals surface area contributed by atoms with Crippen LogP contribution in [0.25, 0.3) is 0 Å². The summed E-state index contributed by atoms with van der Waals surface area (Å²) < 4.78 is 0. The van der Waals surface area contributed by atoms with Crippen molar-refractivity contribution in [1.29, 1.82) is 0 Å². The van der Waals surface area contributed by atoms with Crippen LogP contribution in [0.3, 0.4) is 0 Å². The van der Waals surface area contributed by atoms with E-state index in [0.717, 1.165) is 5.69 Å². The van der Waals surface area contributed by atoms with Crippen molar-refractivity contribution >= 4 is 23.2 Å². The first-order valence-electron chi connectivity index (χ1n) is 9.13. The van der Waals surface area contributed by atoms with E-state index in [0.29, 0.717) is 23.1 Å². The Kier molecular flexibility index (Phi) is 5.82. The predicted molar refractivity (Wildman–Crippen MR) is 98.3 cm³/mol. The van der Waals surface area contributed by atoms with Crippen LogP contribution in [-0.2, 0) is 0 Å². The predicted octanol–water partition coefficient (Wildman–Crippen LogP) is 5.25. The van der Waals surface area contributed by atoms with Gasteiger partial charge in [-0.1, -0.05) is 62.3 Å². The number of halogens is 1. The first-order chi connectivity index (χ1) is 11.3. The molecule has 2 aliphatic carbocycles. The van der Waals surface area contributed by atoms with Crippen LogP contribution in [-0.4, -0.2) is 22.9 Å². The summed E-state index contributed by atoms with van der Waals surface area (Å²) in [4.78, 5) is 7.14. The number of nitrogens with zero attached hydrogens (tertiary/aromatic N) is 2. The summed E-state index contributed by atoms with van der Waals surface area (Å²) in [6.07, 6.45) is 12.9. The van der Waals surface area contributed by atoms with Gasteiger partial charge in [-0.25, -0.2) is 4.99 Å². The number of guanidine groups is 1. The molecule has 0 aromatic heterocycles. The molecule has 4 heteroatoms. The molecule has 126 valence electrons. The van der Waals surface area contributed by atoms with Crippen LogP contribution < -0.4 is 5.73 Å². The van der Waals surface area contributed by atoms with Crippen molar-refractivity contribution in [2.75, 3.05) is 0 Å². The molecule has 2 fully saturated rings. The number of benzene rings is 1. The van der Waals surface area contributed by atoms with Gasteiger partial charge in [-0.3, -0.25) is 0 Å². The van der Waals surface area contributed by atoms with E-state index in [9.17, 15) is 0 Å². The minimum absolute atomic E-state index is 0.554. The van der Waals surface area contributed by atoms with Gasteiger partial charge in [-0.2, -0.15) is 0 Å². The van der Waals surface area contributed by atoms with E-state index in [-0.39, 0.29) is 0 Å². The van der Waals surface area contributed by atoms with Gasteiger partial charge in [0.1, 0.15) is 0 Å². The summed E-state index contributed by atoms with van der Waals surface area (Å²) in [7, 11) is 0. The molecule has 0 unspecified atom stereocenters. The smallest absolute Gasteiger partial charge is 0.197 e. The lowest BCUT2D eigenvalue weighted by molar-refractivity contribution is 0.156. The largest absolute Gasteiger partial charge is 0.369 e. The molecular weight excluding hydrogens is 306 g/mol. The molecule has 0 aliphatic heterocycles. The van der Waals surface area contributed by atoms with Gasteiger partial charge >= 0.3 is 0 Å². The molecule has 1 aromatic rings. The minimum Gasteiger partial charge on any atom is -0.369 e. The zero-order valence-electron chi connectivity index (χ0n) is 13.9. The summed E-state index contributed by atoms with van der Waals surface area (Å²) in [5, 5.41) is 0.669. The number of hydrogen-bond acceptors (Lipinski definition) is 1. The molecule has 0 radical (unpaired) electrons. The second kappa shape index (κ2) is 8.05. The second-order valence-electron chi connectivity index (χ2n) is 6.91. The van der Waals surface area contributed by atoms with Crippen LogP contribution in [0, 0.1) is 0 Å². The van der Waals surface area contributed by atoms with Gasteiger partial charge in [0.05, 0.1) is 10.7 Å². The average Bonchev–Trinajstić information content (AvgIpc) is 2.59. The Labute approximate surface area is 144 Å². The zero-order valence-corrected chi connectivity index (χ0v) is 14.6. The third-order valence-corrected chi connectivity index (χ3v) is 5.61. The van der Waals surface area contributed by atoms with E-state index in [1.165, 1.54) is 64.2 Å². The van der Waals surface area contributed by atoms with E-state index in [2.05, 4.69) is 4.90 Å². The SMILES string of the molecule is NC(=Nc1ccccc1Cl)N(C1CCCCC1)C1CCCCC1. The quantitative estimate of drug-likeness (QED) is 0.606. The van der Waals surface area contributed by atoms with Crippen LogP contribution in [0.4, 0.5) is 5.69 Å². The van der Waals surface area contributed by atoms with Gasteiger partial charge in [-0.05, 0) is 37.8 Å². The fourth-order valence-electron chi connectivity index (χ4n) is 4.11. The molecular formula is C19H28ClN3. The molecule has 2 N–H and O–H groups in total. The Morgan fingerprint density at radius 3 is 1.96 bits per heavy atom. The Hall–Kier alpha value is -1.22. The Morgan fingerprint density at radius 2 is 1.43 bits per heavy atom. The molecule has 3 nitrogen and oxygen atoms in total. The van der Waals surface area contributed by atoms with Crippen molar-refractivity contribution in [3.8, 4) is 0 Å². The molecule has 0 amide bonds. The maximum atomic E-state index is 6.50. The lowest BCUT2D eigenvalue weighted by Crippen LogP contribution is -2.51. The lowest BCUT2D eigenvalue weighted by atomic mass is 9.89. The molecule has 23 heavy (non-hydrogen) atoms. The first-order valence-corrected chi connectivity index (χ1v) is 9.50. The number of para-hydroxylation sites is 1. The summed E-state index contributed by atoms with van der Waals surface area (Å²) >= 11 is 6.26. The molecule has 1 aromatic carbocycles. The van der Waals surface area contributed by atoms with Crippen molar-refractivity contribution in [3.05, 3.63) is 29.3 Å². The van der Waals surface area contributed by atoms with Gasteiger partial charge in [0.25, 0.3) is 0 Å². The van der Waals surface area contributed by atoms with Crippen molar-refractivity contribution in [1.82, 2.24) is 4.90 Å². The maximum Gasteiger partial charge on any atom is 0.197 e. The van der Waals surface area contributed by atoms with Crippen LogP contribution in [0.15, 0.2) is 29.3 Å². The summed E-state index contributed by atoms with van der Waals surface area (Å²) in [5.74, 6) is 0.664. The third-order valence-electron chi connectivity index (χ3n) is 5.29. The Bertz CT molecular complexity index is 513.